The zero-order chi connectivity index (χ0) is 20.3. The summed E-state index contributed by atoms with van der Waals surface area (Å²) in [5.74, 6) is 0.493. The fraction of sp³-hybridized carbons (Fsp3) is 0.739. The largest absolute Gasteiger partial charge is 0.294 e. The van der Waals surface area contributed by atoms with Crippen molar-refractivity contribution in [2.45, 2.75) is 116 Å². The molecule has 4 heteroatoms. The normalized spacial score (nSPS) is 12.1. The molecular formula is C23H40O3S. The van der Waals surface area contributed by atoms with E-state index in [-0.39, 0.29) is 4.90 Å². The van der Waals surface area contributed by atoms with Crippen molar-refractivity contribution < 1.29 is 13.0 Å². The molecule has 0 aromatic heterocycles. The van der Waals surface area contributed by atoms with E-state index in [1.165, 1.54) is 36.8 Å². The Morgan fingerprint density at radius 2 is 1.26 bits per heavy atom. The van der Waals surface area contributed by atoms with Crippen LogP contribution in [0.2, 0.25) is 0 Å². The van der Waals surface area contributed by atoms with Crippen LogP contribution in [-0.4, -0.2) is 13.0 Å². The van der Waals surface area contributed by atoms with E-state index in [1.54, 1.807) is 6.07 Å². The van der Waals surface area contributed by atoms with E-state index in [1.807, 2.05) is 6.07 Å². The fourth-order valence-electron chi connectivity index (χ4n) is 3.95. The van der Waals surface area contributed by atoms with Gasteiger partial charge >= 0.3 is 0 Å². The molecule has 1 aromatic carbocycles. The third-order valence-corrected chi connectivity index (χ3v) is 6.45. The number of hydrogen-bond donors (Lipinski definition) is 1. The lowest BCUT2D eigenvalue weighted by Gasteiger charge is -2.24. The molecule has 0 atom stereocenters. The lowest BCUT2D eigenvalue weighted by atomic mass is 9.82. The topological polar surface area (TPSA) is 54.4 Å². The first kappa shape index (κ1) is 24.2. The highest BCUT2D eigenvalue weighted by atomic mass is 32.2. The maximum Gasteiger partial charge on any atom is 0.294 e. The molecule has 0 aliphatic rings. The van der Waals surface area contributed by atoms with E-state index >= 15 is 0 Å². The van der Waals surface area contributed by atoms with E-state index in [4.69, 9.17) is 0 Å². The van der Waals surface area contributed by atoms with E-state index in [2.05, 4.69) is 27.7 Å². The standard InChI is InChI=1S/C23H40O3S/c1-5-9-13-19(14-10-6-2)20-17-18-23(27(24,25)26)22(16-12-8-4)21(20)15-11-7-3/h17-19H,5-16H2,1-4H3,(H,24,25,26). The summed E-state index contributed by atoms with van der Waals surface area (Å²) in [5, 5.41) is 0. The maximum absolute atomic E-state index is 12.0. The monoisotopic (exact) mass is 396 g/mol. The Bertz CT molecular complexity index is 642. The van der Waals surface area contributed by atoms with Crippen LogP contribution < -0.4 is 0 Å². The summed E-state index contributed by atoms with van der Waals surface area (Å²) in [6.07, 6.45) is 12.8. The number of hydrogen-bond acceptors (Lipinski definition) is 2. The van der Waals surface area contributed by atoms with Gasteiger partial charge in [0.2, 0.25) is 0 Å². The van der Waals surface area contributed by atoms with Crippen LogP contribution in [0.1, 0.15) is 115 Å². The molecule has 0 saturated heterocycles. The third kappa shape index (κ3) is 7.57. The van der Waals surface area contributed by atoms with Gasteiger partial charge in [0.05, 0.1) is 4.90 Å². The second-order valence-electron chi connectivity index (χ2n) is 7.77. The number of rotatable bonds is 14. The minimum absolute atomic E-state index is 0.135. The van der Waals surface area contributed by atoms with Crippen LogP contribution in [0.5, 0.6) is 0 Å². The Hall–Kier alpha value is -0.870. The summed E-state index contributed by atoms with van der Waals surface area (Å²) in [6, 6.07) is 3.66. The molecule has 0 spiro atoms. The molecule has 0 unspecified atom stereocenters. The van der Waals surface area contributed by atoms with Gasteiger partial charge in [-0.2, -0.15) is 8.42 Å². The molecular weight excluding hydrogens is 356 g/mol. The molecule has 0 aliphatic heterocycles. The van der Waals surface area contributed by atoms with Crippen LogP contribution in [0.25, 0.3) is 0 Å². The van der Waals surface area contributed by atoms with E-state index < -0.39 is 10.1 Å². The average molecular weight is 397 g/mol. The quantitative estimate of drug-likeness (QED) is 0.342. The lowest BCUT2D eigenvalue weighted by Crippen LogP contribution is -2.12. The van der Waals surface area contributed by atoms with Gasteiger partial charge in [0, 0.05) is 0 Å². The summed E-state index contributed by atoms with van der Waals surface area (Å²) in [6.45, 7) is 8.74. The van der Waals surface area contributed by atoms with Crippen molar-refractivity contribution in [2.75, 3.05) is 0 Å². The second kappa shape index (κ2) is 12.6. The van der Waals surface area contributed by atoms with Gasteiger partial charge in [-0.3, -0.25) is 4.55 Å². The number of unbranched alkanes of at least 4 members (excludes halogenated alkanes) is 4. The zero-order valence-electron chi connectivity index (χ0n) is 17.9. The first-order valence-electron chi connectivity index (χ1n) is 11.0. The Kier molecular flexibility index (Phi) is 11.2. The van der Waals surface area contributed by atoms with Gasteiger partial charge in [-0.15, -0.1) is 0 Å². The molecule has 1 N–H and O–H groups in total. The molecule has 0 radical (unpaired) electrons. The van der Waals surface area contributed by atoms with Crippen molar-refractivity contribution in [1.82, 2.24) is 0 Å². The fourth-order valence-corrected chi connectivity index (χ4v) is 4.72. The maximum atomic E-state index is 12.0. The molecule has 1 rings (SSSR count). The van der Waals surface area contributed by atoms with Gasteiger partial charge < -0.3 is 0 Å². The molecule has 3 nitrogen and oxygen atoms in total. The van der Waals surface area contributed by atoms with Crippen LogP contribution >= 0.6 is 0 Å². The average Bonchev–Trinajstić information content (AvgIpc) is 2.63. The minimum Gasteiger partial charge on any atom is -0.282 e. The van der Waals surface area contributed by atoms with Crippen molar-refractivity contribution in [3.63, 3.8) is 0 Å². The smallest absolute Gasteiger partial charge is 0.282 e. The zero-order valence-corrected chi connectivity index (χ0v) is 18.7. The predicted molar refractivity (Wildman–Crippen MR) is 115 cm³/mol. The summed E-state index contributed by atoms with van der Waals surface area (Å²) in [5.41, 5.74) is 3.42. The summed E-state index contributed by atoms with van der Waals surface area (Å²) < 4.78 is 33.9. The van der Waals surface area contributed by atoms with Crippen molar-refractivity contribution in [2.24, 2.45) is 0 Å². The van der Waals surface area contributed by atoms with Gasteiger partial charge in [0.1, 0.15) is 0 Å². The molecule has 0 fully saturated rings. The van der Waals surface area contributed by atoms with Gasteiger partial charge in [0.15, 0.2) is 0 Å². The van der Waals surface area contributed by atoms with E-state index in [0.29, 0.717) is 5.92 Å². The molecule has 0 aliphatic carbocycles. The molecule has 27 heavy (non-hydrogen) atoms. The molecule has 0 heterocycles. The van der Waals surface area contributed by atoms with Crippen LogP contribution in [0.4, 0.5) is 0 Å². The highest BCUT2D eigenvalue weighted by Crippen LogP contribution is 2.35. The molecule has 156 valence electrons. The van der Waals surface area contributed by atoms with Crippen LogP contribution in [-0.2, 0) is 23.0 Å². The Labute approximate surface area is 167 Å². The SMILES string of the molecule is CCCCc1c(C(CCCC)CCCC)ccc(S(=O)(=O)O)c1CCCC. The third-order valence-electron chi connectivity index (χ3n) is 5.52. The van der Waals surface area contributed by atoms with Crippen LogP contribution in [0, 0.1) is 0 Å². The molecule has 0 bridgehead atoms. The first-order chi connectivity index (χ1) is 12.9. The van der Waals surface area contributed by atoms with E-state index in [0.717, 1.165) is 56.9 Å². The van der Waals surface area contributed by atoms with E-state index in [9.17, 15) is 13.0 Å². The minimum atomic E-state index is -4.19. The summed E-state index contributed by atoms with van der Waals surface area (Å²) >= 11 is 0. The lowest BCUT2D eigenvalue weighted by molar-refractivity contribution is 0.480. The second-order valence-corrected chi connectivity index (χ2v) is 9.16. The van der Waals surface area contributed by atoms with Crippen molar-refractivity contribution in [3.8, 4) is 0 Å². The van der Waals surface area contributed by atoms with Crippen molar-refractivity contribution in [1.29, 1.82) is 0 Å². The molecule has 0 amide bonds. The van der Waals surface area contributed by atoms with Gasteiger partial charge in [-0.05, 0) is 67.2 Å². The first-order valence-corrected chi connectivity index (χ1v) is 12.5. The van der Waals surface area contributed by atoms with Gasteiger partial charge in [-0.1, -0.05) is 72.3 Å². The predicted octanol–water partition coefficient (Wildman–Crippen LogP) is 7.08. The van der Waals surface area contributed by atoms with Crippen LogP contribution in [0.3, 0.4) is 0 Å². The Morgan fingerprint density at radius 3 is 1.70 bits per heavy atom. The summed E-state index contributed by atoms with van der Waals surface area (Å²) in [4.78, 5) is 0.135. The number of benzene rings is 1. The highest BCUT2D eigenvalue weighted by Gasteiger charge is 2.23. The molecule has 1 aromatic rings. The van der Waals surface area contributed by atoms with Gasteiger partial charge in [0.25, 0.3) is 10.1 Å². The Morgan fingerprint density at radius 1 is 0.778 bits per heavy atom. The van der Waals surface area contributed by atoms with Crippen molar-refractivity contribution >= 4 is 10.1 Å². The van der Waals surface area contributed by atoms with Crippen LogP contribution in [0.15, 0.2) is 17.0 Å². The Balaban J connectivity index is 3.50. The molecule has 0 saturated carbocycles. The summed E-state index contributed by atoms with van der Waals surface area (Å²) in [7, 11) is -4.19. The van der Waals surface area contributed by atoms with Crippen molar-refractivity contribution in [3.05, 3.63) is 28.8 Å². The van der Waals surface area contributed by atoms with Gasteiger partial charge in [-0.25, -0.2) is 0 Å². The highest BCUT2D eigenvalue weighted by molar-refractivity contribution is 7.85.